The van der Waals surface area contributed by atoms with Gasteiger partial charge < -0.3 is 20.8 Å². The van der Waals surface area contributed by atoms with Crippen LogP contribution < -0.4 is 15.8 Å². The maximum absolute atomic E-state index is 11.9. The lowest BCUT2D eigenvalue weighted by Crippen LogP contribution is -2.42. The molecule has 1 atom stereocenters. The van der Waals surface area contributed by atoms with Crippen molar-refractivity contribution in [3.63, 3.8) is 0 Å². The van der Waals surface area contributed by atoms with Gasteiger partial charge in [0.2, 0.25) is 5.91 Å². The summed E-state index contributed by atoms with van der Waals surface area (Å²) >= 11 is 0. The minimum Gasteiger partial charge on any atom is -0.496 e. The van der Waals surface area contributed by atoms with E-state index in [0.29, 0.717) is 19.4 Å². The number of amides is 1. The fourth-order valence-electron chi connectivity index (χ4n) is 2.09. The number of methoxy groups -OCH3 is 1. The summed E-state index contributed by atoms with van der Waals surface area (Å²) < 4.78 is 5.27. The van der Waals surface area contributed by atoms with Crippen LogP contribution in [0.3, 0.4) is 0 Å². The molecule has 6 nitrogen and oxygen atoms in total. The Kier molecular flexibility index (Phi) is 5.34. The van der Waals surface area contributed by atoms with Crippen LogP contribution in [-0.4, -0.2) is 35.6 Å². The average Bonchev–Trinajstić information content (AvgIpc) is 3.00. The molecular weight excluding hydrogens is 268 g/mol. The van der Waals surface area contributed by atoms with Crippen LogP contribution in [0.15, 0.2) is 36.8 Å². The Bertz CT molecular complexity index is 569. The number of hydrogen-bond donors (Lipinski definition) is 3. The highest BCUT2D eigenvalue weighted by atomic mass is 16.5. The van der Waals surface area contributed by atoms with Gasteiger partial charge >= 0.3 is 0 Å². The second kappa shape index (κ2) is 7.44. The number of ether oxygens (including phenoxy) is 1. The molecule has 0 aliphatic heterocycles. The molecule has 21 heavy (non-hydrogen) atoms. The Balaban J connectivity index is 1.78. The monoisotopic (exact) mass is 288 g/mol. The molecule has 2 rings (SSSR count). The van der Waals surface area contributed by atoms with E-state index in [1.807, 2.05) is 24.3 Å². The van der Waals surface area contributed by atoms with Crippen molar-refractivity contribution in [1.29, 1.82) is 0 Å². The topological polar surface area (TPSA) is 93.0 Å². The van der Waals surface area contributed by atoms with Crippen molar-refractivity contribution in [2.75, 3.05) is 13.7 Å². The van der Waals surface area contributed by atoms with E-state index in [0.717, 1.165) is 17.0 Å². The number of carbonyl (C=O) groups is 1. The molecule has 1 amide bonds. The van der Waals surface area contributed by atoms with Gasteiger partial charge in [0.25, 0.3) is 0 Å². The van der Waals surface area contributed by atoms with Gasteiger partial charge in [-0.1, -0.05) is 18.2 Å². The third kappa shape index (κ3) is 4.32. The molecule has 112 valence electrons. The Labute approximate surface area is 123 Å². The fourth-order valence-corrected chi connectivity index (χ4v) is 2.09. The van der Waals surface area contributed by atoms with Crippen LogP contribution in [0, 0.1) is 0 Å². The first kappa shape index (κ1) is 15.1. The van der Waals surface area contributed by atoms with E-state index in [9.17, 15) is 4.79 Å². The molecule has 0 fully saturated rings. The predicted octanol–water partition coefficient (Wildman–Crippen LogP) is 0.647. The third-order valence-electron chi connectivity index (χ3n) is 3.22. The van der Waals surface area contributed by atoms with Crippen LogP contribution in [0.4, 0.5) is 0 Å². The maximum atomic E-state index is 11.9. The summed E-state index contributed by atoms with van der Waals surface area (Å²) in [6.07, 6.45) is 4.39. The lowest BCUT2D eigenvalue weighted by Gasteiger charge is -2.12. The number of carbonyl (C=O) groups excluding carboxylic acids is 1. The number of hydrogen-bond acceptors (Lipinski definition) is 4. The van der Waals surface area contributed by atoms with Crippen molar-refractivity contribution in [3.8, 4) is 5.75 Å². The van der Waals surface area contributed by atoms with Gasteiger partial charge in [0.15, 0.2) is 0 Å². The van der Waals surface area contributed by atoms with E-state index < -0.39 is 6.04 Å². The van der Waals surface area contributed by atoms with Gasteiger partial charge in [0, 0.05) is 24.9 Å². The summed E-state index contributed by atoms with van der Waals surface area (Å²) in [7, 11) is 1.64. The number of aromatic nitrogens is 2. The second-order valence-corrected chi connectivity index (χ2v) is 4.74. The predicted molar refractivity (Wildman–Crippen MR) is 80.0 cm³/mol. The summed E-state index contributed by atoms with van der Waals surface area (Å²) in [5.74, 6) is 0.660. The van der Waals surface area contributed by atoms with E-state index in [2.05, 4.69) is 15.3 Å². The summed E-state index contributed by atoms with van der Waals surface area (Å²) in [4.78, 5) is 18.7. The van der Waals surface area contributed by atoms with Crippen molar-refractivity contribution in [3.05, 3.63) is 48.0 Å². The Hall–Kier alpha value is -2.34. The van der Waals surface area contributed by atoms with Gasteiger partial charge in [-0.15, -0.1) is 0 Å². The van der Waals surface area contributed by atoms with Gasteiger partial charge in [0.1, 0.15) is 5.75 Å². The number of imidazole rings is 1. The largest absolute Gasteiger partial charge is 0.496 e. The zero-order valence-corrected chi connectivity index (χ0v) is 12.0. The molecule has 1 heterocycles. The summed E-state index contributed by atoms with van der Waals surface area (Å²) in [6, 6.07) is 7.17. The van der Waals surface area contributed by atoms with Crippen LogP contribution >= 0.6 is 0 Å². The molecule has 1 aromatic carbocycles. The standard InChI is InChI=1S/C15H20N4O2/c1-21-14-5-3-2-4-11(14)6-7-18-15(20)13(16)8-12-9-17-10-19-12/h2-5,9-10,13H,6-8,16H2,1H3,(H,17,19)(H,18,20). The SMILES string of the molecule is COc1ccccc1CCNC(=O)C(N)Cc1cnc[nH]1. The molecule has 0 aliphatic carbocycles. The first-order valence-corrected chi connectivity index (χ1v) is 6.83. The Morgan fingerprint density at radius 3 is 3.00 bits per heavy atom. The zero-order valence-electron chi connectivity index (χ0n) is 12.0. The van der Waals surface area contributed by atoms with E-state index in [1.54, 1.807) is 19.6 Å². The van der Waals surface area contributed by atoms with Crippen molar-refractivity contribution in [1.82, 2.24) is 15.3 Å². The highest BCUT2D eigenvalue weighted by molar-refractivity contribution is 5.81. The molecule has 0 radical (unpaired) electrons. The smallest absolute Gasteiger partial charge is 0.237 e. The highest BCUT2D eigenvalue weighted by Gasteiger charge is 2.14. The molecule has 1 aromatic heterocycles. The van der Waals surface area contributed by atoms with Gasteiger partial charge in [0.05, 0.1) is 19.5 Å². The molecule has 0 saturated heterocycles. The highest BCUT2D eigenvalue weighted by Crippen LogP contribution is 2.17. The number of rotatable bonds is 7. The van der Waals surface area contributed by atoms with E-state index in [4.69, 9.17) is 10.5 Å². The first-order valence-electron chi connectivity index (χ1n) is 6.83. The number of para-hydroxylation sites is 1. The molecular formula is C15H20N4O2. The minimum absolute atomic E-state index is 0.167. The molecule has 0 saturated carbocycles. The normalized spacial score (nSPS) is 11.9. The van der Waals surface area contributed by atoms with E-state index >= 15 is 0 Å². The summed E-state index contributed by atoms with van der Waals surface area (Å²) in [6.45, 7) is 0.524. The van der Waals surface area contributed by atoms with Crippen LogP contribution in [0.5, 0.6) is 5.75 Å². The quantitative estimate of drug-likeness (QED) is 0.697. The first-order chi connectivity index (χ1) is 10.2. The van der Waals surface area contributed by atoms with E-state index in [1.165, 1.54) is 0 Å². The van der Waals surface area contributed by atoms with Crippen molar-refractivity contribution < 1.29 is 9.53 Å². The fraction of sp³-hybridized carbons (Fsp3) is 0.333. The molecule has 0 aliphatic rings. The van der Waals surface area contributed by atoms with Gasteiger partial charge in [-0.2, -0.15) is 0 Å². The average molecular weight is 288 g/mol. The van der Waals surface area contributed by atoms with Gasteiger partial charge in [-0.3, -0.25) is 4.79 Å². The third-order valence-corrected chi connectivity index (χ3v) is 3.22. The number of nitrogens with zero attached hydrogens (tertiary/aromatic N) is 1. The second-order valence-electron chi connectivity index (χ2n) is 4.74. The molecule has 0 spiro atoms. The van der Waals surface area contributed by atoms with Crippen LogP contribution in [-0.2, 0) is 17.6 Å². The number of H-pyrrole nitrogens is 1. The zero-order chi connectivity index (χ0) is 15.1. The number of aromatic amines is 1. The van der Waals surface area contributed by atoms with Crippen LogP contribution in [0.25, 0.3) is 0 Å². The van der Waals surface area contributed by atoms with Crippen LogP contribution in [0.2, 0.25) is 0 Å². The number of nitrogens with two attached hydrogens (primary N) is 1. The maximum Gasteiger partial charge on any atom is 0.237 e. The Morgan fingerprint density at radius 2 is 2.29 bits per heavy atom. The molecule has 1 unspecified atom stereocenters. The number of nitrogens with one attached hydrogen (secondary N) is 2. The Morgan fingerprint density at radius 1 is 1.48 bits per heavy atom. The van der Waals surface area contributed by atoms with E-state index in [-0.39, 0.29) is 5.91 Å². The minimum atomic E-state index is -0.580. The lowest BCUT2D eigenvalue weighted by molar-refractivity contribution is -0.122. The molecule has 6 heteroatoms. The number of benzene rings is 1. The van der Waals surface area contributed by atoms with Gasteiger partial charge in [-0.05, 0) is 18.1 Å². The lowest BCUT2D eigenvalue weighted by atomic mass is 10.1. The van der Waals surface area contributed by atoms with Crippen molar-refractivity contribution in [2.45, 2.75) is 18.9 Å². The van der Waals surface area contributed by atoms with Gasteiger partial charge in [-0.25, -0.2) is 4.98 Å². The molecule has 4 N–H and O–H groups in total. The van der Waals surface area contributed by atoms with Crippen LogP contribution in [0.1, 0.15) is 11.3 Å². The van der Waals surface area contributed by atoms with Crippen molar-refractivity contribution >= 4 is 5.91 Å². The summed E-state index contributed by atoms with van der Waals surface area (Å²) in [5, 5.41) is 2.84. The summed E-state index contributed by atoms with van der Waals surface area (Å²) in [5.41, 5.74) is 7.77. The molecule has 0 bridgehead atoms. The molecule has 2 aromatic rings. The van der Waals surface area contributed by atoms with Crippen molar-refractivity contribution in [2.24, 2.45) is 5.73 Å².